The number of unbranched alkanes of at least 4 members (excludes halogenated alkanes) is 9. The first-order valence-corrected chi connectivity index (χ1v) is 17.5. The van der Waals surface area contributed by atoms with E-state index in [4.69, 9.17) is 14.2 Å². The van der Waals surface area contributed by atoms with Crippen LogP contribution in [0.15, 0.2) is 42.5 Å². The number of benzene rings is 2. The minimum atomic E-state index is -1.51. The Morgan fingerprint density at radius 3 is 2.07 bits per heavy atom. The summed E-state index contributed by atoms with van der Waals surface area (Å²) in [4.78, 5) is 24.6. The zero-order valence-electron chi connectivity index (χ0n) is 27.5. The molecule has 1 saturated carbocycles. The molecular formula is C38H54F2O5. The minimum absolute atomic E-state index is 0.126. The lowest BCUT2D eigenvalue weighted by Crippen LogP contribution is -2.29. The van der Waals surface area contributed by atoms with Crippen molar-refractivity contribution in [2.75, 3.05) is 6.61 Å². The lowest BCUT2D eigenvalue weighted by atomic mass is 9.83. The number of carbonyl (C=O) groups excluding carboxylic acids is 2. The highest BCUT2D eigenvalue weighted by atomic mass is 19.1. The van der Waals surface area contributed by atoms with Gasteiger partial charge in [0.15, 0.2) is 6.17 Å². The van der Waals surface area contributed by atoms with Gasteiger partial charge in [0.2, 0.25) is 0 Å². The van der Waals surface area contributed by atoms with Crippen molar-refractivity contribution in [3.05, 3.63) is 59.4 Å². The summed E-state index contributed by atoms with van der Waals surface area (Å²) in [5.74, 6) is -0.807. The monoisotopic (exact) mass is 628 g/mol. The fourth-order valence-corrected chi connectivity index (χ4v) is 5.89. The highest BCUT2D eigenvalue weighted by Crippen LogP contribution is 2.30. The molecule has 3 rings (SSSR count). The molecule has 2 aromatic carbocycles. The number of alkyl halides is 1. The van der Waals surface area contributed by atoms with Gasteiger partial charge in [0.1, 0.15) is 23.4 Å². The fraction of sp³-hybridized carbons (Fsp3) is 0.632. The number of rotatable bonds is 21. The van der Waals surface area contributed by atoms with Gasteiger partial charge < -0.3 is 14.2 Å². The van der Waals surface area contributed by atoms with Crippen LogP contribution in [0, 0.1) is 11.7 Å². The molecule has 0 saturated heterocycles. The third-order valence-electron chi connectivity index (χ3n) is 8.80. The molecule has 0 bridgehead atoms. The quantitative estimate of drug-likeness (QED) is 0.0782. The number of carbonyl (C=O) groups is 2. The minimum Gasteiger partial charge on any atom is -0.493 e. The van der Waals surface area contributed by atoms with E-state index >= 15 is 0 Å². The lowest BCUT2D eigenvalue weighted by molar-refractivity contribution is -0.157. The van der Waals surface area contributed by atoms with Gasteiger partial charge >= 0.3 is 11.9 Å². The smallest absolute Gasteiger partial charge is 0.346 e. The van der Waals surface area contributed by atoms with E-state index in [0.717, 1.165) is 63.4 Å². The summed E-state index contributed by atoms with van der Waals surface area (Å²) in [6, 6.07) is 11.6. The molecule has 1 aliphatic carbocycles. The molecule has 0 N–H and O–H groups in total. The number of esters is 2. The third-order valence-corrected chi connectivity index (χ3v) is 8.80. The summed E-state index contributed by atoms with van der Waals surface area (Å²) in [5.41, 5.74) is 0.998. The van der Waals surface area contributed by atoms with Gasteiger partial charge in [-0.1, -0.05) is 90.2 Å². The zero-order chi connectivity index (χ0) is 32.3. The number of halogens is 2. The molecule has 0 aromatic heterocycles. The summed E-state index contributed by atoms with van der Waals surface area (Å²) in [6.07, 6.45) is 16.4. The van der Waals surface area contributed by atoms with E-state index in [0.29, 0.717) is 30.4 Å². The molecule has 0 spiro atoms. The maximum atomic E-state index is 14.7. The van der Waals surface area contributed by atoms with Crippen molar-refractivity contribution >= 4 is 11.9 Å². The molecule has 2 aromatic rings. The second kappa shape index (κ2) is 21.0. The van der Waals surface area contributed by atoms with Crippen molar-refractivity contribution in [1.82, 2.24) is 0 Å². The van der Waals surface area contributed by atoms with Gasteiger partial charge in [-0.25, -0.2) is 18.4 Å². The zero-order valence-corrected chi connectivity index (χ0v) is 27.5. The summed E-state index contributed by atoms with van der Waals surface area (Å²) < 4.78 is 45.1. The number of hydrogen-bond acceptors (Lipinski definition) is 5. The second-order valence-electron chi connectivity index (χ2n) is 12.6. The van der Waals surface area contributed by atoms with Crippen molar-refractivity contribution in [1.29, 1.82) is 0 Å². The van der Waals surface area contributed by atoms with Gasteiger partial charge in [-0.05, 0) is 87.1 Å². The molecule has 0 heterocycles. The van der Waals surface area contributed by atoms with Gasteiger partial charge in [0, 0.05) is 6.07 Å². The normalized spacial score (nSPS) is 17.1. The van der Waals surface area contributed by atoms with Crippen molar-refractivity contribution < 1.29 is 32.6 Å². The molecular weight excluding hydrogens is 574 g/mol. The van der Waals surface area contributed by atoms with E-state index in [-0.39, 0.29) is 18.1 Å². The summed E-state index contributed by atoms with van der Waals surface area (Å²) in [5, 5.41) is 0. The highest BCUT2D eigenvalue weighted by molar-refractivity contribution is 5.91. The Labute approximate surface area is 269 Å². The van der Waals surface area contributed by atoms with E-state index < -0.39 is 23.9 Å². The first kappa shape index (κ1) is 36.5. The average Bonchev–Trinajstić information content (AvgIpc) is 3.04. The largest absolute Gasteiger partial charge is 0.493 e. The summed E-state index contributed by atoms with van der Waals surface area (Å²) in [6.45, 7) is 4.73. The standard InChI is InChI=1S/C38H54F2O5/c1-3-5-7-8-9-10-11-12-13-27-43-33-25-26-34(36(40)28-33)37(41)44-31-21-17-29(18-22-31)15-16-30-19-23-32(24-20-30)45-38(42)35(39)14-6-4-2/h17-18,21-22,25-26,28,30,32,35H,3-16,19-20,23-24,27H2,1-2H3/t30-,32-,35-/m0/s1. The van der Waals surface area contributed by atoms with Gasteiger partial charge in [-0.2, -0.15) is 0 Å². The van der Waals surface area contributed by atoms with Crippen LogP contribution >= 0.6 is 0 Å². The number of ether oxygens (including phenoxy) is 3. The predicted molar refractivity (Wildman–Crippen MR) is 175 cm³/mol. The molecule has 0 amide bonds. The van der Waals surface area contributed by atoms with Crippen LogP contribution in [0.4, 0.5) is 8.78 Å². The van der Waals surface area contributed by atoms with E-state index in [9.17, 15) is 18.4 Å². The van der Waals surface area contributed by atoms with E-state index in [2.05, 4.69) is 6.92 Å². The lowest BCUT2D eigenvalue weighted by Gasteiger charge is -2.28. The van der Waals surface area contributed by atoms with Gasteiger partial charge in [-0.15, -0.1) is 0 Å². The Bertz CT molecular complexity index is 1130. The molecule has 0 aliphatic heterocycles. The molecule has 7 heteroatoms. The average molecular weight is 629 g/mol. The van der Waals surface area contributed by atoms with Crippen LogP contribution in [0.25, 0.3) is 0 Å². The van der Waals surface area contributed by atoms with Gasteiger partial charge in [-0.3, -0.25) is 0 Å². The van der Waals surface area contributed by atoms with Crippen molar-refractivity contribution in [2.24, 2.45) is 5.92 Å². The Morgan fingerprint density at radius 2 is 1.42 bits per heavy atom. The van der Waals surface area contributed by atoms with Gasteiger partial charge in [0.25, 0.3) is 0 Å². The molecule has 45 heavy (non-hydrogen) atoms. The first-order chi connectivity index (χ1) is 21.9. The van der Waals surface area contributed by atoms with E-state index in [1.807, 2.05) is 19.1 Å². The number of aryl methyl sites for hydroxylation is 1. The van der Waals surface area contributed by atoms with Crippen LogP contribution in [-0.2, 0) is 16.0 Å². The van der Waals surface area contributed by atoms with E-state index in [1.54, 1.807) is 18.2 Å². The second-order valence-corrected chi connectivity index (χ2v) is 12.6. The maximum absolute atomic E-state index is 14.7. The predicted octanol–water partition coefficient (Wildman–Crippen LogP) is 10.5. The molecule has 5 nitrogen and oxygen atoms in total. The Morgan fingerprint density at radius 1 is 0.800 bits per heavy atom. The maximum Gasteiger partial charge on any atom is 0.346 e. The molecule has 0 radical (unpaired) electrons. The SMILES string of the molecule is CCCCCCCCCCCOc1ccc(C(=O)Oc2ccc(CC[C@H]3CC[C@H](OC(=O)[C@@H](F)CCCC)CC3)cc2)c(F)c1. The van der Waals surface area contributed by atoms with Crippen LogP contribution in [-0.4, -0.2) is 30.8 Å². The Kier molecular flexibility index (Phi) is 17.0. The fourth-order valence-electron chi connectivity index (χ4n) is 5.89. The third kappa shape index (κ3) is 13.9. The summed E-state index contributed by atoms with van der Waals surface area (Å²) >= 11 is 0. The molecule has 250 valence electrons. The molecule has 0 unspecified atom stereocenters. The Balaban J connectivity index is 1.32. The van der Waals surface area contributed by atoms with Crippen molar-refractivity contribution in [3.8, 4) is 11.5 Å². The van der Waals surface area contributed by atoms with Crippen molar-refractivity contribution in [2.45, 2.75) is 142 Å². The summed E-state index contributed by atoms with van der Waals surface area (Å²) in [7, 11) is 0. The van der Waals surface area contributed by atoms with Crippen LogP contribution in [0.2, 0.25) is 0 Å². The molecule has 1 aliphatic rings. The number of hydrogen-bond donors (Lipinski definition) is 0. The van der Waals surface area contributed by atoms with Crippen LogP contribution in [0.5, 0.6) is 11.5 Å². The molecule has 1 fully saturated rings. The van der Waals surface area contributed by atoms with Crippen LogP contribution in [0.1, 0.15) is 139 Å². The van der Waals surface area contributed by atoms with Crippen molar-refractivity contribution in [3.63, 3.8) is 0 Å². The topological polar surface area (TPSA) is 61.8 Å². The molecule has 1 atom stereocenters. The van der Waals surface area contributed by atoms with Crippen LogP contribution < -0.4 is 9.47 Å². The Hall–Kier alpha value is -2.96. The van der Waals surface area contributed by atoms with Crippen LogP contribution in [0.3, 0.4) is 0 Å². The first-order valence-electron chi connectivity index (χ1n) is 17.5. The van der Waals surface area contributed by atoms with Gasteiger partial charge in [0.05, 0.1) is 12.2 Å². The van der Waals surface area contributed by atoms with E-state index in [1.165, 1.54) is 57.1 Å². The highest BCUT2D eigenvalue weighted by Gasteiger charge is 2.27.